The summed E-state index contributed by atoms with van der Waals surface area (Å²) in [7, 11) is -3.78. The zero-order chi connectivity index (χ0) is 19.0. The second-order valence-electron chi connectivity index (χ2n) is 5.90. The number of rotatable bonds is 4. The molecule has 0 aliphatic heterocycles. The number of aromatic nitrogens is 2. The first-order valence-electron chi connectivity index (χ1n) is 7.93. The van der Waals surface area contributed by atoms with Crippen LogP contribution in [0.2, 0.25) is 0 Å². The molecule has 0 spiro atoms. The molecule has 0 aliphatic carbocycles. The second-order valence-corrected chi connectivity index (χ2v) is 7.46. The summed E-state index contributed by atoms with van der Waals surface area (Å²) in [6, 6.07) is 13.9. The predicted molar refractivity (Wildman–Crippen MR) is 98.5 cm³/mol. The van der Waals surface area contributed by atoms with Crippen molar-refractivity contribution in [2.75, 3.05) is 0 Å². The third-order valence-corrected chi connectivity index (χ3v) is 5.02. The predicted octanol–water partition coefficient (Wildman–Crippen LogP) is 3.79. The number of nitrogens with zero attached hydrogens (tertiary/aromatic N) is 1. The standard InChI is InChI=1S/C19H14FN3O3S/c20-15-5-1-12(2-6-15)17-18(23-19(22-17)14-9-10-26-11-14)13-3-7-16(8-4-13)27(21,24)25/h1-11H,(H,22,23)(H2,21,24,25). The Hall–Kier alpha value is -3.23. The zero-order valence-corrected chi connectivity index (χ0v) is 14.7. The number of primary sulfonamides is 1. The minimum absolute atomic E-state index is 0.0141. The second kappa shape index (κ2) is 6.49. The lowest BCUT2D eigenvalue weighted by atomic mass is 10.1. The Labute approximate surface area is 154 Å². The monoisotopic (exact) mass is 383 g/mol. The van der Waals surface area contributed by atoms with Crippen molar-refractivity contribution in [1.29, 1.82) is 0 Å². The highest BCUT2D eigenvalue weighted by Gasteiger charge is 2.17. The first-order valence-corrected chi connectivity index (χ1v) is 9.48. The normalized spacial score (nSPS) is 11.6. The van der Waals surface area contributed by atoms with Crippen LogP contribution >= 0.6 is 0 Å². The van der Waals surface area contributed by atoms with Gasteiger partial charge in [0.05, 0.1) is 28.1 Å². The third kappa shape index (κ3) is 3.40. The summed E-state index contributed by atoms with van der Waals surface area (Å²) in [5.41, 5.74) is 3.45. The van der Waals surface area contributed by atoms with Gasteiger partial charge in [-0.25, -0.2) is 22.9 Å². The van der Waals surface area contributed by atoms with Crippen LogP contribution in [0.15, 0.2) is 76.4 Å². The van der Waals surface area contributed by atoms with Crippen LogP contribution in [0.4, 0.5) is 4.39 Å². The van der Waals surface area contributed by atoms with Gasteiger partial charge in [-0.1, -0.05) is 12.1 Å². The van der Waals surface area contributed by atoms with Crippen LogP contribution in [-0.2, 0) is 10.0 Å². The summed E-state index contributed by atoms with van der Waals surface area (Å²) in [5.74, 6) is 0.237. The van der Waals surface area contributed by atoms with E-state index < -0.39 is 10.0 Å². The molecule has 2 aromatic heterocycles. The molecule has 0 saturated carbocycles. The van der Waals surface area contributed by atoms with Gasteiger partial charge in [0.15, 0.2) is 0 Å². The number of sulfonamides is 1. The molecule has 0 bridgehead atoms. The molecule has 6 nitrogen and oxygen atoms in total. The summed E-state index contributed by atoms with van der Waals surface area (Å²) in [6.07, 6.45) is 3.09. The van der Waals surface area contributed by atoms with Crippen molar-refractivity contribution in [3.05, 3.63) is 72.9 Å². The summed E-state index contributed by atoms with van der Waals surface area (Å²) in [6.45, 7) is 0. The van der Waals surface area contributed by atoms with Crippen LogP contribution < -0.4 is 5.14 Å². The fourth-order valence-electron chi connectivity index (χ4n) is 2.75. The van der Waals surface area contributed by atoms with Crippen molar-refractivity contribution in [2.24, 2.45) is 5.14 Å². The SMILES string of the molecule is NS(=O)(=O)c1ccc(-c2nc(-c3ccoc3)[nH]c2-c2ccc(F)cc2)cc1. The van der Waals surface area contributed by atoms with Gasteiger partial charge in [-0.3, -0.25) is 0 Å². The van der Waals surface area contributed by atoms with Crippen LogP contribution in [0.1, 0.15) is 0 Å². The lowest BCUT2D eigenvalue weighted by molar-refractivity contribution is 0.568. The van der Waals surface area contributed by atoms with Gasteiger partial charge in [-0.05, 0) is 42.5 Å². The van der Waals surface area contributed by atoms with Crippen molar-refractivity contribution in [3.63, 3.8) is 0 Å². The number of halogens is 1. The van der Waals surface area contributed by atoms with E-state index in [0.717, 1.165) is 11.1 Å². The Balaban J connectivity index is 1.86. The van der Waals surface area contributed by atoms with Gasteiger partial charge in [0, 0.05) is 11.1 Å². The van der Waals surface area contributed by atoms with E-state index >= 15 is 0 Å². The lowest BCUT2D eigenvalue weighted by Crippen LogP contribution is -2.11. The Morgan fingerprint density at radius 3 is 2.19 bits per heavy atom. The van der Waals surface area contributed by atoms with Crippen molar-refractivity contribution < 1.29 is 17.2 Å². The molecule has 2 heterocycles. The quantitative estimate of drug-likeness (QED) is 0.560. The smallest absolute Gasteiger partial charge is 0.238 e. The molecule has 0 fully saturated rings. The van der Waals surface area contributed by atoms with Gasteiger partial charge < -0.3 is 9.40 Å². The summed E-state index contributed by atoms with van der Waals surface area (Å²) < 4.78 is 41.4. The molecule has 27 heavy (non-hydrogen) atoms. The van der Waals surface area contributed by atoms with E-state index in [-0.39, 0.29) is 10.7 Å². The Morgan fingerprint density at radius 1 is 0.926 bits per heavy atom. The van der Waals surface area contributed by atoms with Crippen molar-refractivity contribution in [1.82, 2.24) is 9.97 Å². The Morgan fingerprint density at radius 2 is 1.59 bits per heavy atom. The molecule has 8 heteroatoms. The molecule has 0 saturated heterocycles. The molecule has 0 atom stereocenters. The average Bonchev–Trinajstić information content (AvgIpc) is 3.31. The molecule has 136 valence electrons. The van der Waals surface area contributed by atoms with Gasteiger partial charge >= 0.3 is 0 Å². The topological polar surface area (TPSA) is 102 Å². The van der Waals surface area contributed by atoms with E-state index in [4.69, 9.17) is 9.56 Å². The van der Waals surface area contributed by atoms with E-state index in [1.807, 2.05) is 0 Å². The fourth-order valence-corrected chi connectivity index (χ4v) is 3.26. The number of H-pyrrole nitrogens is 1. The molecule has 0 radical (unpaired) electrons. The highest BCUT2D eigenvalue weighted by Crippen LogP contribution is 2.33. The number of imidazole rings is 1. The molecule has 3 N–H and O–H groups in total. The number of nitrogens with two attached hydrogens (primary N) is 1. The minimum atomic E-state index is -3.78. The van der Waals surface area contributed by atoms with Crippen molar-refractivity contribution in [2.45, 2.75) is 4.90 Å². The number of nitrogens with one attached hydrogen (secondary N) is 1. The van der Waals surface area contributed by atoms with E-state index in [0.29, 0.717) is 22.8 Å². The highest BCUT2D eigenvalue weighted by atomic mass is 32.2. The van der Waals surface area contributed by atoms with Crippen LogP contribution in [0.5, 0.6) is 0 Å². The molecule has 2 aromatic carbocycles. The lowest BCUT2D eigenvalue weighted by Gasteiger charge is -2.04. The number of hydrogen-bond donors (Lipinski definition) is 2. The summed E-state index contributed by atoms with van der Waals surface area (Å²) in [5, 5.41) is 5.15. The van der Waals surface area contributed by atoms with Gasteiger partial charge in [-0.2, -0.15) is 0 Å². The Kier molecular flexibility index (Phi) is 4.14. The van der Waals surface area contributed by atoms with Gasteiger partial charge in [0.2, 0.25) is 10.0 Å². The first-order chi connectivity index (χ1) is 12.9. The largest absolute Gasteiger partial charge is 0.472 e. The van der Waals surface area contributed by atoms with Crippen molar-refractivity contribution in [3.8, 4) is 33.9 Å². The summed E-state index contributed by atoms with van der Waals surface area (Å²) in [4.78, 5) is 7.86. The first kappa shape index (κ1) is 17.2. The molecular formula is C19H14FN3O3S. The van der Waals surface area contributed by atoms with Gasteiger partial charge in [0.1, 0.15) is 17.9 Å². The highest BCUT2D eigenvalue weighted by molar-refractivity contribution is 7.89. The van der Waals surface area contributed by atoms with E-state index in [1.165, 1.54) is 30.5 Å². The number of aromatic amines is 1. The molecule has 0 amide bonds. The maximum absolute atomic E-state index is 13.3. The van der Waals surface area contributed by atoms with E-state index in [2.05, 4.69) is 9.97 Å². The van der Waals surface area contributed by atoms with E-state index in [9.17, 15) is 12.8 Å². The maximum Gasteiger partial charge on any atom is 0.238 e. The maximum atomic E-state index is 13.3. The molecular weight excluding hydrogens is 369 g/mol. The third-order valence-electron chi connectivity index (χ3n) is 4.09. The molecule has 4 rings (SSSR count). The summed E-state index contributed by atoms with van der Waals surface area (Å²) >= 11 is 0. The number of benzene rings is 2. The van der Waals surface area contributed by atoms with Crippen LogP contribution in [-0.4, -0.2) is 18.4 Å². The fraction of sp³-hybridized carbons (Fsp3) is 0. The Bertz CT molecular complexity index is 1180. The number of furan rings is 1. The number of hydrogen-bond acceptors (Lipinski definition) is 4. The van der Waals surface area contributed by atoms with E-state index in [1.54, 1.807) is 36.6 Å². The van der Waals surface area contributed by atoms with Crippen LogP contribution in [0, 0.1) is 5.82 Å². The van der Waals surface area contributed by atoms with Crippen molar-refractivity contribution >= 4 is 10.0 Å². The van der Waals surface area contributed by atoms with Gasteiger partial charge in [-0.15, -0.1) is 0 Å². The van der Waals surface area contributed by atoms with Crippen LogP contribution in [0.3, 0.4) is 0 Å². The van der Waals surface area contributed by atoms with Crippen LogP contribution in [0.25, 0.3) is 33.9 Å². The zero-order valence-electron chi connectivity index (χ0n) is 13.9. The minimum Gasteiger partial charge on any atom is -0.472 e. The molecule has 0 aliphatic rings. The average molecular weight is 383 g/mol. The molecule has 4 aromatic rings. The molecule has 0 unspecified atom stereocenters. The van der Waals surface area contributed by atoms with Gasteiger partial charge in [0.25, 0.3) is 0 Å².